The summed E-state index contributed by atoms with van der Waals surface area (Å²) in [6.45, 7) is 8.92. The third-order valence-electron chi connectivity index (χ3n) is 3.91. The highest BCUT2D eigenvalue weighted by atomic mass is 16.3. The maximum absolute atomic E-state index is 11.4. The minimum Gasteiger partial charge on any atom is -0.393 e. The molecule has 0 aromatic heterocycles. The summed E-state index contributed by atoms with van der Waals surface area (Å²) < 4.78 is 0. The van der Waals surface area contributed by atoms with E-state index in [0.717, 1.165) is 31.8 Å². The second-order valence-corrected chi connectivity index (χ2v) is 6.05. The Labute approximate surface area is 123 Å². The van der Waals surface area contributed by atoms with Gasteiger partial charge in [-0.25, -0.2) is 4.79 Å². The van der Waals surface area contributed by atoms with Crippen molar-refractivity contribution in [1.29, 1.82) is 0 Å². The quantitative estimate of drug-likeness (QED) is 0.593. The zero-order chi connectivity index (χ0) is 14.8. The molecule has 2 amide bonds. The molecule has 1 aliphatic heterocycles. The Bertz CT molecular complexity index is 264. The van der Waals surface area contributed by atoms with Crippen LogP contribution in [0.5, 0.6) is 0 Å². The van der Waals surface area contributed by atoms with Crippen molar-refractivity contribution in [2.75, 3.05) is 32.7 Å². The van der Waals surface area contributed by atoms with Gasteiger partial charge in [-0.3, -0.25) is 0 Å². The molecule has 5 heteroatoms. The number of aliphatic hydroxyl groups is 1. The van der Waals surface area contributed by atoms with Gasteiger partial charge >= 0.3 is 6.03 Å². The van der Waals surface area contributed by atoms with E-state index < -0.39 is 0 Å². The van der Waals surface area contributed by atoms with Gasteiger partial charge < -0.3 is 20.6 Å². The zero-order valence-electron chi connectivity index (χ0n) is 13.0. The fraction of sp³-hybridized carbons (Fsp3) is 0.933. The molecule has 1 saturated heterocycles. The number of piperidine rings is 1. The Kier molecular flexibility index (Phi) is 8.62. The van der Waals surface area contributed by atoms with Crippen LogP contribution < -0.4 is 10.6 Å². The standard InChI is InChI=1S/C15H31N3O2/c1-13-6-11-18(12-7-13)10-4-3-8-16-15(20)17-9-5-14(2)19/h13-14,19H,3-12H2,1-2H3,(H2,16,17,20). The minimum absolute atomic E-state index is 0.127. The van der Waals surface area contributed by atoms with Crippen molar-refractivity contribution in [3.63, 3.8) is 0 Å². The molecule has 0 aromatic carbocycles. The Morgan fingerprint density at radius 3 is 2.55 bits per heavy atom. The lowest BCUT2D eigenvalue weighted by atomic mass is 9.99. The van der Waals surface area contributed by atoms with Crippen molar-refractivity contribution in [3.8, 4) is 0 Å². The van der Waals surface area contributed by atoms with E-state index in [0.29, 0.717) is 13.0 Å². The van der Waals surface area contributed by atoms with E-state index >= 15 is 0 Å². The van der Waals surface area contributed by atoms with Gasteiger partial charge in [0.1, 0.15) is 0 Å². The third kappa shape index (κ3) is 8.38. The summed E-state index contributed by atoms with van der Waals surface area (Å²) in [6, 6.07) is -0.127. The van der Waals surface area contributed by atoms with Gasteiger partial charge in [0.2, 0.25) is 0 Å². The number of unbranched alkanes of at least 4 members (excludes halogenated alkanes) is 1. The van der Waals surface area contributed by atoms with Crippen LogP contribution in [0.2, 0.25) is 0 Å². The van der Waals surface area contributed by atoms with Crippen LogP contribution in [0, 0.1) is 5.92 Å². The van der Waals surface area contributed by atoms with Crippen LogP contribution in [0.1, 0.15) is 46.0 Å². The van der Waals surface area contributed by atoms with Crippen molar-refractivity contribution in [2.24, 2.45) is 5.92 Å². The van der Waals surface area contributed by atoms with Crippen LogP contribution in [-0.4, -0.2) is 54.9 Å². The maximum atomic E-state index is 11.4. The molecule has 1 aliphatic rings. The molecule has 1 atom stereocenters. The van der Waals surface area contributed by atoms with Crippen LogP contribution in [0.25, 0.3) is 0 Å². The lowest BCUT2D eigenvalue weighted by Crippen LogP contribution is -2.37. The van der Waals surface area contributed by atoms with E-state index in [-0.39, 0.29) is 12.1 Å². The second-order valence-electron chi connectivity index (χ2n) is 6.05. The van der Waals surface area contributed by atoms with Gasteiger partial charge in [-0.15, -0.1) is 0 Å². The van der Waals surface area contributed by atoms with Crippen molar-refractivity contribution in [3.05, 3.63) is 0 Å². The number of nitrogens with zero attached hydrogens (tertiary/aromatic N) is 1. The number of hydrogen-bond acceptors (Lipinski definition) is 3. The number of amides is 2. The molecule has 1 rings (SSSR count). The topological polar surface area (TPSA) is 64.6 Å². The molecule has 0 bridgehead atoms. The van der Waals surface area contributed by atoms with Crippen molar-refractivity contribution in [2.45, 2.75) is 52.1 Å². The highest BCUT2D eigenvalue weighted by Gasteiger charge is 2.14. The molecular formula is C15H31N3O2. The molecule has 20 heavy (non-hydrogen) atoms. The van der Waals surface area contributed by atoms with Crippen molar-refractivity contribution >= 4 is 6.03 Å². The number of likely N-dealkylation sites (tertiary alicyclic amines) is 1. The number of rotatable bonds is 8. The van der Waals surface area contributed by atoms with E-state index in [4.69, 9.17) is 5.11 Å². The molecule has 0 aromatic rings. The number of carbonyl (C=O) groups excluding carboxylic acids is 1. The number of nitrogens with one attached hydrogen (secondary N) is 2. The summed E-state index contributed by atoms with van der Waals surface area (Å²) in [7, 11) is 0. The molecule has 1 unspecified atom stereocenters. The Balaban J connectivity index is 1.90. The van der Waals surface area contributed by atoms with Crippen LogP contribution in [0.4, 0.5) is 4.79 Å². The molecule has 5 nitrogen and oxygen atoms in total. The van der Waals surface area contributed by atoms with Crippen LogP contribution in [0.3, 0.4) is 0 Å². The van der Waals surface area contributed by atoms with Gasteiger partial charge in [-0.2, -0.15) is 0 Å². The Morgan fingerprint density at radius 2 is 1.90 bits per heavy atom. The normalized spacial score (nSPS) is 18.8. The largest absolute Gasteiger partial charge is 0.393 e. The minimum atomic E-state index is -0.359. The van der Waals surface area contributed by atoms with Gasteiger partial charge in [0.05, 0.1) is 6.10 Å². The number of aliphatic hydroxyl groups excluding tert-OH is 1. The van der Waals surface area contributed by atoms with Gasteiger partial charge in [0.25, 0.3) is 0 Å². The summed E-state index contributed by atoms with van der Waals surface area (Å²) in [4.78, 5) is 13.9. The molecule has 1 fully saturated rings. The van der Waals surface area contributed by atoms with Crippen LogP contribution in [0.15, 0.2) is 0 Å². The molecule has 1 heterocycles. The predicted octanol–water partition coefficient (Wildman–Crippen LogP) is 1.57. The van der Waals surface area contributed by atoms with Crippen molar-refractivity contribution in [1.82, 2.24) is 15.5 Å². The first-order valence-corrected chi connectivity index (χ1v) is 8.00. The maximum Gasteiger partial charge on any atom is 0.314 e. The predicted molar refractivity (Wildman–Crippen MR) is 81.8 cm³/mol. The SMILES string of the molecule is CC(O)CCNC(=O)NCCCCN1CCC(C)CC1. The number of urea groups is 1. The first-order chi connectivity index (χ1) is 9.58. The van der Waals surface area contributed by atoms with E-state index in [2.05, 4.69) is 22.5 Å². The van der Waals surface area contributed by atoms with Crippen molar-refractivity contribution < 1.29 is 9.90 Å². The first-order valence-electron chi connectivity index (χ1n) is 8.00. The smallest absolute Gasteiger partial charge is 0.314 e. The monoisotopic (exact) mass is 285 g/mol. The highest BCUT2D eigenvalue weighted by molar-refractivity contribution is 5.73. The highest BCUT2D eigenvalue weighted by Crippen LogP contribution is 2.15. The third-order valence-corrected chi connectivity index (χ3v) is 3.91. The van der Waals surface area contributed by atoms with E-state index in [9.17, 15) is 4.79 Å². The molecule has 118 valence electrons. The number of carbonyl (C=O) groups is 1. The van der Waals surface area contributed by atoms with Crippen LogP contribution in [-0.2, 0) is 0 Å². The summed E-state index contributed by atoms with van der Waals surface area (Å²) in [6.07, 6.45) is 5.05. The molecule has 0 spiro atoms. The van der Waals surface area contributed by atoms with E-state index in [1.165, 1.54) is 25.9 Å². The van der Waals surface area contributed by atoms with Gasteiger partial charge in [0, 0.05) is 13.1 Å². The average molecular weight is 285 g/mol. The molecule has 0 radical (unpaired) electrons. The molecule has 0 saturated carbocycles. The second kappa shape index (κ2) is 10.00. The van der Waals surface area contributed by atoms with E-state index in [1.54, 1.807) is 6.92 Å². The molecule has 3 N–H and O–H groups in total. The van der Waals surface area contributed by atoms with Crippen LogP contribution >= 0.6 is 0 Å². The summed E-state index contributed by atoms with van der Waals surface area (Å²) in [5, 5.41) is 14.7. The fourth-order valence-corrected chi connectivity index (χ4v) is 2.41. The summed E-state index contributed by atoms with van der Waals surface area (Å²) in [5.74, 6) is 0.887. The lowest BCUT2D eigenvalue weighted by Gasteiger charge is -2.30. The van der Waals surface area contributed by atoms with Gasteiger partial charge in [0.15, 0.2) is 0 Å². The summed E-state index contributed by atoms with van der Waals surface area (Å²) in [5.41, 5.74) is 0. The fourth-order valence-electron chi connectivity index (χ4n) is 2.41. The first kappa shape index (κ1) is 17.2. The number of hydrogen-bond donors (Lipinski definition) is 3. The van der Waals surface area contributed by atoms with E-state index in [1.807, 2.05) is 0 Å². The van der Waals surface area contributed by atoms with Gasteiger partial charge in [-0.05, 0) is 64.6 Å². The Morgan fingerprint density at radius 1 is 1.25 bits per heavy atom. The summed E-state index contributed by atoms with van der Waals surface area (Å²) >= 11 is 0. The average Bonchev–Trinajstić information content (AvgIpc) is 2.40. The lowest BCUT2D eigenvalue weighted by molar-refractivity contribution is 0.183. The zero-order valence-corrected chi connectivity index (χ0v) is 13.0. The Hall–Kier alpha value is -0.810. The molecular weight excluding hydrogens is 254 g/mol. The van der Waals surface area contributed by atoms with Gasteiger partial charge in [-0.1, -0.05) is 6.92 Å². The molecule has 0 aliphatic carbocycles.